The van der Waals surface area contributed by atoms with Crippen molar-refractivity contribution in [3.8, 4) is 0 Å². The van der Waals surface area contributed by atoms with Gasteiger partial charge in [-0.15, -0.1) is 0 Å². The maximum absolute atomic E-state index is 12.6. The van der Waals surface area contributed by atoms with Crippen molar-refractivity contribution in [2.45, 2.75) is 359 Å². The van der Waals surface area contributed by atoms with Gasteiger partial charge < -0.3 is 25.7 Å². The summed E-state index contributed by atoms with van der Waals surface area (Å²) in [5.74, 6) is -0.594. The van der Waals surface area contributed by atoms with Crippen molar-refractivity contribution < 1.29 is 25.2 Å². The number of rotatable bonds is 58. The van der Waals surface area contributed by atoms with Crippen LogP contribution in [0.1, 0.15) is 335 Å². The maximum atomic E-state index is 12.6. The van der Waals surface area contributed by atoms with E-state index in [1.54, 1.807) is 0 Å². The molecule has 6 nitrogen and oxygen atoms in total. The lowest BCUT2D eigenvalue weighted by Crippen LogP contribution is -2.53. The molecule has 6 heteroatoms. The summed E-state index contributed by atoms with van der Waals surface area (Å²) in [7, 11) is 0. The van der Waals surface area contributed by atoms with Crippen LogP contribution < -0.4 is 5.32 Å². The average molecular weight is 987 g/mol. The van der Waals surface area contributed by atoms with Crippen LogP contribution in [0, 0.1) is 0 Å². The molecule has 0 heterocycles. The van der Waals surface area contributed by atoms with E-state index in [1.807, 2.05) is 0 Å². The number of carbonyl (C=O) groups is 1. The second-order valence-corrected chi connectivity index (χ2v) is 21.7. The molecule has 414 valence electrons. The first-order chi connectivity index (χ1) is 34.5. The summed E-state index contributed by atoms with van der Waals surface area (Å²) >= 11 is 0. The van der Waals surface area contributed by atoms with Gasteiger partial charge in [0.25, 0.3) is 0 Å². The fraction of sp³-hybridized carbons (Fsp3) is 0.891. The lowest BCUT2D eigenvalue weighted by molar-refractivity contribution is -0.132. The molecule has 0 aromatic rings. The monoisotopic (exact) mass is 986 g/mol. The van der Waals surface area contributed by atoms with Crippen LogP contribution in [-0.2, 0) is 4.79 Å². The number of hydrogen-bond acceptors (Lipinski definition) is 5. The van der Waals surface area contributed by atoms with Gasteiger partial charge in [-0.2, -0.15) is 0 Å². The third-order valence-electron chi connectivity index (χ3n) is 14.8. The average Bonchev–Trinajstić information content (AvgIpc) is 3.36. The van der Waals surface area contributed by atoms with Crippen molar-refractivity contribution in [3.63, 3.8) is 0 Å². The highest BCUT2D eigenvalue weighted by Gasteiger charge is 2.28. The normalized spacial score (nSPS) is 13.9. The van der Waals surface area contributed by atoms with E-state index in [-0.39, 0.29) is 0 Å². The zero-order valence-electron chi connectivity index (χ0n) is 47.0. The Labute approximate surface area is 437 Å². The molecule has 70 heavy (non-hydrogen) atoms. The molecule has 0 radical (unpaired) electrons. The van der Waals surface area contributed by atoms with E-state index in [0.717, 1.165) is 51.4 Å². The first-order valence-corrected chi connectivity index (χ1v) is 31.4. The highest BCUT2D eigenvalue weighted by molar-refractivity contribution is 5.80. The summed E-state index contributed by atoms with van der Waals surface area (Å²) in [6.45, 7) is 4.08. The number of nitrogens with one attached hydrogen (secondary N) is 1. The van der Waals surface area contributed by atoms with E-state index in [9.17, 15) is 25.2 Å². The fourth-order valence-corrected chi connectivity index (χ4v) is 9.91. The molecule has 0 aliphatic carbocycles. The molecule has 0 rings (SSSR count). The number of aliphatic hydroxyl groups excluding tert-OH is 4. The molecule has 5 N–H and O–H groups in total. The van der Waals surface area contributed by atoms with Gasteiger partial charge in [0, 0.05) is 0 Å². The second kappa shape index (κ2) is 58.4. The van der Waals surface area contributed by atoms with Crippen LogP contribution >= 0.6 is 0 Å². The van der Waals surface area contributed by atoms with Gasteiger partial charge in [0.05, 0.1) is 18.8 Å². The molecule has 1 amide bonds. The molecule has 0 saturated heterocycles. The minimum atomic E-state index is -1.29. The smallest absolute Gasteiger partial charge is 0.249 e. The number of hydrogen-bond donors (Lipinski definition) is 5. The summed E-state index contributed by atoms with van der Waals surface area (Å²) < 4.78 is 0. The Morgan fingerprint density at radius 2 is 0.600 bits per heavy atom. The van der Waals surface area contributed by atoms with Gasteiger partial charge in [-0.1, -0.05) is 307 Å². The zero-order valence-corrected chi connectivity index (χ0v) is 47.0. The zero-order chi connectivity index (χ0) is 50.9. The largest absolute Gasteiger partial charge is 0.394 e. The van der Waals surface area contributed by atoms with E-state index in [2.05, 4.69) is 55.6 Å². The molecule has 4 atom stereocenters. The molecule has 0 aromatic heterocycles. The van der Waals surface area contributed by atoms with Crippen molar-refractivity contribution in [1.82, 2.24) is 5.32 Å². The highest BCUT2D eigenvalue weighted by atomic mass is 16.3. The van der Waals surface area contributed by atoms with Crippen LogP contribution in [0.3, 0.4) is 0 Å². The first kappa shape index (κ1) is 68.5. The van der Waals surface area contributed by atoms with E-state index < -0.39 is 36.9 Å². The quantitative estimate of drug-likeness (QED) is 0.0308. The van der Waals surface area contributed by atoms with Crippen LogP contribution in [0.2, 0.25) is 0 Å². The van der Waals surface area contributed by atoms with Gasteiger partial charge in [-0.3, -0.25) is 4.79 Å². The van der Waals surface area contributed by atoms with Crippen LogP contribution in [-0.4, -0.2) is 57.3 Å². The number of unbranched alkanes of at least 4 members (excludes halogenated alkanes) is 43. The predicted molar refractivity (Wildman–Crippen MR) is 307 cm³/mol. The lowest BCUT2D eigenvalue weighted by Gasteiger charge is -2.27. The molecular weight excluding hydrogens is 863 g/mol. The van der Waals surface area contributed by atoms with Gasteiger partial charge >= 0.3 is 0 Å². The molecular formula is C64H123NO5. The second-order valence-electron chi connectivity index (χ2n) is 21.7. The fourth-order valence-electron chi connectivity index (χ4n) is 9.91. The van der Waals surface area contributed by atoms with E-state index in [0.29, 0.717) is 19.3 Å². The molecule has 0 spiro atoms. The van der Waals surface area contributed by atoms with Crippen LogP contribution in [0.5, 0.6) is 0 Å². The van der Waals surface area contributed by atoms with Gasteiger partial charge in [0.2, 0.25) is 5.91 Å². The lowest BCUT2D eigenvalue weighted by atomic mass is 10.00. The van der Waals surface area contributed by atoms with Crippen LogP contribution in [0.25, 0.3) is 0 Å². The standard InChI is InChI=1S/C64H123NO5/c1-3-5-7-9-11-13-15-17-19-21-23-25-27-28-29-30-31-32-33-34-36-37-39-41-43-45-47-49-51-53-55-57-61(67)63(69)60(59-66)65-64(70)62(68)58-56-54-52-50-48-46-44-42-40-38-35-26-24-22-20-18-16-14-12-10-8-6-4-2/h34,36,41,43,49,51,60-63,66-69H,3-33,35,37-40,42,44-48,50,52-59H2,1-2H3,(H,65,70)/b36-34+,43-41+,51-49+. The van der Waals surface area contributed by atoms with Crippen molar-refractivity contribution in [2.75, 3.05) is 6.61 Å². The summed E-state index contributed by atoms with van der Waals surface area (Å²) in [5.41, 5.74) is 0. The molecule has 0 saturated carbocycles. The number of allylic oxidation sites excluding steroid dienone is 6. The molecule has 0 aliphatic heterocycles. The Bertz CT molecular complexity index is 1110. The minimum Gasteiger partial charge on any atom is -0.394 e. The number of carbonyl (C=O) groups excluding carboxylic acids is 1. The summed E-state index contributed by atoms with van der Waals surface area (Å²) in [5, 5.41) is 44.0. The van der Waals surface area contributed by atoms with Gasteiger partial charge in [0.15, 0.2) is 0 Å². The highest BCUT2D eigenvalue weighted by Crippen LogP contribution is 2.18. The summed E-state index contributed by atoms with van der Waals surface area (Å²) in [6, 6.07) is -1.01. The van der Waals surface area contributed by atoms with Gasteiger partial charge in [-0.25, -0.2) is 0 Å². The van der Waals surface area contributed by atoms with Crippen molar-refractivity contribution in [3.05, 3.63) is 36.5 Å². The Morgan fingerprint density at radius 1 is 0.343 bits per heavy atom. The SMILES string of the molecule is CCCCCCCCCCCCCCCCCCCC/C=C/CC/C=C/CC/C=C/CCCC(O)C(O)C(CO)NC(=O)C(O)CCCCCCCCCCCCCCCCCCCCCCCCC. The van der Waals surface area contributed by atoms with Gasteiger partial charge in [0.1, 0.15) is 12.2 Å². The van der Waals surface area contributed by atoms with Crippen LogP contribution in [0.4, 0.5) is 0 Å². The summed E-state index contributed by atoms with van der Waals surface area (Å²) in [6.07, 6.45) is 73.9. The van der Waals surface area contributed by atoms with E-state index >= 15 is 0 Å². The summed E-state index contributed by atoms with van der Waals surface area (Å²) in [4.78, 5) is 12.6. The van der Waals surface area contributed by atoms with Gasteiger partial charge in [-0.05, 0) is 64.2 Å². The Kier molecular flexibility index (Phi) is 57.2. The maximum Gasteiger partial charge on any atom is 0.249 e. The minimum absolute atomic E-state index is 0.362. The van der Waals surface area contributed by atoms with Crippen molar-refractivity contribution in [1.29, 1.82) is 0 Å². The Balaban J connectivity index is 3.65. The molecule has 0 aliphatic rings. The molecule has 0 bridgehead atoms. The first-order valence-electron chi connectivity index (χ1n) is 31.4. The Hall–Kier alpha value is -1.47. The van der Waals surface area contributed by atoms with Crippen molar-refractivity contribution in [2.24, 2.45) is 0 Å². The topological polar surface area (TPSA) is 110 Å². The molecule has 4 unspecified atom stereocenters. The Morgan fingerprint density at radius 3 is 0.900 bits per heavy atom. The third kappa shape index (κ3) is 51.4. The number of amides is 1. The molecule has 0 aromatic carbocycles. The van der Waals surface area contributed by atoms with Crippen LogP contribution in [0.15, 0.2) is 36.5 Å². The number of aliphatic hydroxyl groups is 4. The van der Waals surface area contributed by atoms with E-state index in [4.69, 9.17) is 0 Å². The predicted octanol–water partition coefficient (Wildman–Crippen LogP) is 18.8. The van der Waals surface area contributed by atoms with Crippen molar-refractivity contribution >= 4 is 5.91 Å². The third-order valence-corrected chi connectivity index (χ3v) is 14.8. The van der Waals surface area contributed by atoms with E-state index in [1.165, 1.54) is 250 Å². The molecule has 0 fully saturated rings.